The Morgan fingerprint density at radius 1 is 1.13 bits per heavy atom. The van der Waals surface area contributed by atoms with Crippen molar-refractivity contribution >= 4 is 23.0 Å². The number of aromatic nitrogens is 1. The summed E-state index contributed by atoms with van der Waals surface area (Å²) in [5, 5.41) is 7.28. The largest absolute Gasteiger partial charge is 0.360 e. The lowest BCUT2D eigenvalue weighted by Crippen LogP contribution is -2.45. The molecule has 1 aliphatic rings. The van der Waals surface area contributed by atoms with E-state index in [9.17, 15) is 0 Å². The lowest BCUT2D eigenvalue weighted by molar-refractivity contribution is 0.199. The fraction of sp³-hybridized carbons (Fsp3) is 0.333. The van der Waals surface area contributed by atoms with Crippen molar-refractivity contribution in [1.29, 1.82) is 0 Å². The number of rotatable bonds is 4. The van der Waals surface area contributed by atoms with Gasteiger partial charge in [0.1, 0.15) is 0 Å². The van der Waals surface area contributed by atoms with Crippen LogP contribution in [0.4, 0.5) is 5.69 Å². The average Bonchev–Trinajstić information content (AvgIpc) is 2.58. The topological polar surface area (TPSA) is 40.2 Å². The van der Waals surface area contributed by atoms with Gasteiger partial charge in [-0.05, 0) is 42.8 Å². The van der Waals surface area contributed by atoms with Gasteiger partial charge in [-0.2, -0.15) is 0 Å². The maximum Gasteiger partial charge on any atom is 0.171 e. The molecule has 1 fully saturated rings. The maximum absolute atomic E-state index is 5.39. The van der Waals surface area contributed by atoms with Gasteiger partial charge in [0, 0.05) is 31.9 Å². The van der Waals surface area contributed by atoms with Crippen LogP contribution in [-0.2, 0) is 6.54 Å². The summed E-state index contributed by atoms with van der Waals surface area (Å²) >= 11 is 5.39. The number of hydrogen-bond acceptors (Lipinski definition) is 3. The number of pyridine rings is 1. The third kappa shape index (κ3) is 5.01. The molecule has 1 saturated heterocycles. The van der Waals surface area contributed by atoms with E-state index >= 15 is 0 Å². The molecule has 0 amide bonds. The first kappa shape index (κ1) is 15.9. The Hall–Kier alpha value is -1.98. The van der Waals surface area contributed by atoms with E-state index in [2.05, 4.69) is 50.8 Å². The van der Waals surface area contributed by atoms with Crippen LogP contribution in [0.5, 0.6) is 0 Å². The third-order valence-corrected chi connectivity index (χ3v) is 4.31. The molecule has 2 aromatic rings. The van der Waals surface area contributed by atoms with Crippen molar-refractivity contribution in [2.45, 2.75) is 25.4 Å². The number of nitrogens with zero attached hydrogens (tertiary/aromatic N) is 2. The van der Waals surface area contributed by atoms with Crippen LogP contribution in [0.25, 0.3) is 0 Å². The van der Waals surface area contributed by atoms with Crippen molar-refractivity contribution in [3.05, 3.63) is 60.4 Å². The fourth-order valence-corrected chi connectivity index (χ4v) is 3.15. The molecule has 23 heavy (non-hydrogen) atoms. The van der Waals surface area contributed by atoms with E-state index in [1.165, 1.54) is 5.56 Å². The van der Waals surface area contributed by atoms with Crippen LogP contribution in [-0.4, -0.2) is 34.1 Å². The molecule has 1 aliphatic heterocycles. The molecule has 0 unspecified atom stereocenters. The predicted molar refractivity (Wildman–Crippen MR) is 98.3 cm³/mol. The van der Waals surface area contributed by atoms with E-state index < -0.39 is 0 Å². The Bertz CT molecular complexity index is 609. The van der Waals surface area contributed by atoms with Crippen LogP contribution in [0, 0.1) is 0 Å². The summed E-state index contributed by atoms with van der Waals surface area (Å²) in [5.74, 6) is 0. The number of likely N-dealkylation sites (tertiary alicyclic amines) is 1. The van der Waals surface area contributed by atoms with Crippen molar-refractivity contribution < 1.29 is 0 Å². The smallest absolute Gasteiger partial charge is 0.171 e. The Balaban J connectivity index is 1.41. The molecule has 4 nitrogen and oxygen atoms in total. The number of anilines is 1. The van der Waals surface area contributed by atoms with Crippen LogP contribution in [0.15, 0.2) is 54.9 Å². The minimum atomic E-state index is 0.443. The van der Waals surface area contributed by atoms with Crippen LogP contribution >= 0.6 is 12.2 Å². The zero-order valence-corrected chi connectivity index (χ0v) is 13.9. The zero-order chi connectivity index (χ0) is 15.9. The van der Waals surface area contributed by atoms with Gasteiger partial charge >= 0.3 is 0 Å². The molecule has 3 rings (SSSR count). The number of piperidine rings is 1. The van der Waals surface area contributed by atoms with E-state index in [0.717, 1.165) is 38.2 Å². The van der Waals surface area contributed by atoms with Gasteiger partial charge in [-0.25, -0.2) is 0 Å². The quantitative estimate of drug-likeness (QED) is 0.845. The van der Waals surface area contributed by atoms with Crippen molar-refractivity contribution in [1.82, 2.24) is 15.2 Å². The summed E-state index contributed by atoms with van der Waals surface area (Å²) in [6.07, 6.45) is 5.75. The van der Waals surface area contributed by atoms with Gasteiger partial charge in [-0.15, -0.1) is 0 Å². The minimum Gasteiger partial charge on any atom is -0.360 e. The number of thiocarbonyl (C=S) groups is 1. The number of hydrogen-bond donors (Lipinski definition) is 2. The molecular formula is C18H22N4S. The Morgan fingerprint density at radius 3 is 2.61 bits per heavy atom. The second kappa shape index (κ2) is 8.04. The van der Waals surface area contributed by atoms with E-state index in [0.29, 0.717) is 11.2 Å². The first-order valence-corrected chi connectivity index (χ1v) is 8.44. The monoisotopic (exact) mass is 326 g/mol. The molecule has 1 aromatic heterocycles. The minimum absolute atomic E-state index is 0.443. The molecule has 0 saturated carbocycles. The van der Waals surface area contributed by atoms with E-state index in [-0.39, 0.29) is 0 Å². The van der Waals surface area contributed by atoms with E-state index in [1.807, 2.05) is 12.1 Å². The summed E-state index contributed by atoms with van der Waals surface area (Å²) in [7, 11) is 0. The van der Waals surface area contributed by atoms with E-state index in [4.69, 9.17) is 12.2 Å². The predicted octanol–water partition coefficient (Wildman–Crippen LogP) is 3.03. The standard InChI is InChI=1S/C18H22N4S/c23-18(21-17-7-4-10-19-13-17)20-16-8-11-22(12-9-16)14-15-5-2-1-3-6-15/h1-7,10,13,16H,8-9,11-12,14H2,(H2,20,21,23). The molecule has 120 valence electrons. The van der Waals surface area contributed by atoms with Crippen molar-refractivity contribution in [3.63, 3.8) is 0 Å². The lowest BCUT2D eigenvalue weighted by Gasteiger charge is -2.33. The van der Waals surface area contributed by atoms with Gasteiger partial charge < -0.3 is 10.6 Å². The van der Waals surface area contributed by atoms with Gasteiger partial charge in [0.05, 0.1) is 11.9 Å². The molecule has 0 bridgehead atoms. The number of benzene rings is 1. The molecule has 5 heteroatoms. The highest BCUT2D eigenvalue weighted by Gasteiger charge is 2.19. The fourth-order valence-electron chi connectivity index (χ4n) is 2.87. The molecule has 0 spiro atoms. The summed E-state index contributed by atoms with van der Waals surface area (Å²) in [6, 6.07) is 15.0. The van der Waals surface area contributed by atoms with Gasteiger partial charge in [0.15, 0.2) is 5.11 Å². The van der Waals surface area contributed by atoms with Crippen LogP contribution in [0.3, 0.4) is 0 Å². The van der Waals surface area contributed by atoms with Gasteiger partial charge in [0.2, 0.25) is 0 Å². The summed E-state index contributed by atoms with van der Waals surface area (Å²) in [5.41, 5.74) is 2.30. The summed E-state index contributed by atoms with van der Waals surface area (Å²) < 4.78 is 0. The zero-order valence-electron chi connectivity index (χ0n) is 13.1. The second-order valence-corrected chi connectivity index (χ2v) is 6.28. The molecule has 2 heterocycles. The highest BCUT2D eigenvalue weighted by Crippen LogP contribution is 2.14. The third-order valence-electron chi connectivity index (χ3n) is 4.09. The summed E-state index contributed by atoms with van der Waals surface area (Å²) in [6.45, 7) is 3.23. The van der Waals surface area contributed by atoms with Gasteiger partial charge in [-0.3, -0.25) is 9.88 Å². The summed E-state index contributed by atoms with van der Waals surface area (Å²) in [4.78, 5) is 6.58. The normalized spacial score (nSPS) is 16.0. The Morgan fingerprint density at radius 2 is 1.91 bits per heavy atom. The van der Waals surface area contributed by atoms with Crippen molar-refractivity contribution in [3.8, 4) is 0 Å². The maximum atomic E-state index is 5.39. The van der Waals surface area contributed by atoms with Crippen molar-refractivity contribution in [2.75, 3.05) is 18.4 Å². The molecule has 0 atom stereocenters. The molecule has 0 aliphatic carbocycles. The van der Waals surface area contributed by atoms with Crippen LogP contribution in [0.1, 0.15) is 18.4 Å². The second-order valence-electron chi connectivity index (χ2n) is 5.88. The van der Waals surface area contributed by atoms with Gasteiger partial charge in [0.25, 0.3) is 0 Å². The SMILES string of the molecule is S=C(Nc1cccnc1)NC1CCN(Cc2ccccc2)CC1. The van der Waals surface area contributed by atoms with Gasteiger partial charge in [-0.1, -0.05) is 30.3 Å². The van der Waals surface area contributed by atoms with E-state index in [1.54, 1.807) is 12.4 Å². The Kier molecular flexibility index (Phi) is 5.56. The molecule has 0 radical (unpaired) electrons. The number of nitrogens with one attached hydrogen (secondary N) is 2. The highest BCUT2D eigenvalue weighted by molar-refractivity contribution is 7.80. The van der Waals surface area contributed by atoms with Crippen LogP contribution in [0.2, 0.25) is 0 Å². The first-order valence-electron chi connectivity index (χ1n) is 8.03. The highest BCUT2D eigenvalue weighted by atomic mass is 32.1. The lowest BCUT2D eigenvalue weighted by atomic mass is 10.0. The Labute approximate surface area is 142 Å². The first-order chi connectivity index (χ1) is 11.3. The molecule has 2 N–H and O–H groups in total. The van der Waals surface area contributed by atoms with Crippen molar-refractivity contribution in [2.24, 2.45) is 0 Å². The molecular weight excluding hydrogens is 304 g/mol. The van der Waals surface area contributed by atoms with Crippen LogP contribution < -0.4 is 10.6 Å². The average molecular weight is 326 g/mol. The molecule has 1 aromatic carbocycles.